The van der Waals surface area contributed by atoms with Gasteiger partial charge in [-0.25, -0.2) is 4.39 Å². The van der Waals surface area contributed by atoms with Crippen molar-refractivity contribution >= 4 is 28.4 Å². The molecule has 0 unspecified atom stereocenters. The van der Waals surface area contributed by atoms with E-state index in [1.54, 1.807) is 15.8 Å². The summed E-state index contributed by atoms with van der Waals surface area (Å²) in [5.74, 6) is 1.01. The number of hydrogen-bond donors (Lipinski definition) is 0. The van der Waals surface area contributed by atoms with Crippen LogP contribution < -0.4 is 4.90 Å². The van der Waals surface area contributed by atoms with Gasteiger partial charge in [0.15, 0.2) is 0 Å². The molecule has 1 aliphatic carbocycles. The average molecular weight is 495 g/mol. The molecule has 0 atom stereocenters. The summed E-state index contributed by atoms with van der Waals surface area (Å²) in [5, 5.41) is 5.26. The highest BCUT2D eigenvalue weighted by atomic mass is 19.1. The van der Waals surface area contributed by atoms with Gasteiger partial charge in [0.2, 0.25) is 11.8 Å². The van der Waals surface area contributed by atoms with Crippen LogP contribution in [0.25, 0.3) is 10.9 Å². The third-order valence-corrected chi connectivity index (χ3v) is 7.36. The molecule has 0 bridgehead atoms. The largest absolute Gasteiger partial charge is 0.378 e. The van der Waals surface area contributed by atoms with Gasteiger partial charge in [-0.3, -0.25) is 14.3 Å². The van der Waals surface area contributed by atoms with Crippen molar-refractivity contribution in [2.45, 2.75) is 19.4 Å². The van der Waals surface area contributed by atoms with E-state index in [-0.39, 0.29) is 30.1 Å². The highest BCUT2D eigenvalue weighted by Crippen LogP contribution is 2.32. The fourth-order valence-corrected chi connectivity index (χ4v) is 5.17. The molecule has 1 aromatic carbocycles. The minimum Gasteiger partial charge on any atom is -0.378 e. The first-order valence-corrected chi connectivity index (χ1v) is 12.8. The van der Waals surface area contributed by atoms with Crippen LogP contribution in [0, 0.1) is 11.7 Å². The van der Waals surface area contributed by atoms with Crippen LogP contribution in [-0.2, 0) is 20.9 Å². The van der Waals surface area contributed by atoms with Crippen LogP contribution in [0.1, 0.15) is 12.8 Å². The van der Waals surface area contributed by atoms with Crippen LogP contribution in [0.5, 0.6) is 0 Å². The Morgan fingerprint density at radius 2 is 1.78 bits per heavy atom. The van der Waals surface area contributed by atoms with E-state index >= 15 is 4.39 Å². The molecule has 10 heteroatoms. The fourth-order valence-electron chi connectivity index (χ4n) is 5.17. The lowest BCUT2D eigenvalue weighted by Gasteiger charge is -2.38. The summed E-state index contributed by atoms with van der Waals surface area (Å²) in [5.41, 5.74) is 1.01. The number of fused-ring (bicyclic) bond motifs is 1. The van der Waals surface area contributed by atoms with Gasteiger partial charge in [0.25, 0.3) is 0 Å². The number of nitrogens with zero attached hydrogens (tertiary/aromatic N) is 6. The normalized spacial score (nSPS) is 20.8. The summed E-state index contributed by atoms with van der Waals surface area (Å²) in [6, 6.07) is 3.26. The van der Waals surface area contributed by atoms with Gasteiger partial charge >= 0.3 is 0 Å². The van der Waals surface area contributed by atoms with E-state index in [0.29, 0.717) is 57.1 Å². The smallest absolute Gasteiger partial charge is 0.244 e. The number of ether oxygens (including phenoxy) is 1. The Bertz CT molecular complexity index is 1220. The van der Waals surface area contributed by atoms with E-state index in [1.807, 2.05) is 34.1 Å². The minimum atomic E-state index is -0.343. The van der Waals surface area contributed by atoms with Crippen molar-refractivity contribution in [3.8, 4) is 0 Å². The Hall–Kier alpha value is -3.40. The van der Waals surface area contributed by atoms with Gasteiger partial charge < -0.3 is 24.3 Å². The Labute approximate surface area is 209 Å². The predicted octanol–water partition coefficient (Wildman–Crippen LogP) is 1.81. The van der Waals surface area contributed by atoms with Crippen molar-refractivity contribution in [1.29, 1.82) is 0 Å². The number of carbonyl (C=O) groups is 2. The molecule has 190 valence electrons. The number of rotatable bonds is 5. The second-order valence-electron chi connectivity index (χ2n) is 9.83. The summed E-state index contributed by atoms with van der Waals surface area (Å²) in [6.45, 7) is 5.76. The first kappa shape index (κ1) is 23.0. The van der Waals surface area contributed by atoms with Crippen molar-refractivity contribution in [1.82, 2.24) is 24.5 Å². The van der Waals surface area contributed by atoms with Crippen LogP contribution in [-0.4, -0.2) is 95.3 Å². The Kier molecular flexibility index (Phi) is 6.12. The number of allylic oxidation sites excluding steroid dienone is 2. The van der Waals surface area contributed by atoms with E-state index in [1.165, 1.54) is 6.07 Å². The molecule has 2 aromatic rings. The summed E-state index contributed by atoms with van der Waals surface area (Å²) < 4.78 is 22.3. The number of anilines is 1. The van der Waals surface area contributed by atoms with Crippen LogP contribution in [0.2, 0.25) is 0 Å². The first-order valence-electron chi connectivity index (χ1n) is 12.8. The molecule has 4 heterocycles. The molecule has 1 saturated carbocycles. The topological polar surface area (TPSA) is 74.2 Å². The number of amides is 2. The van der Waals surface area contributed by atoms with E-state index in [4.69, 9.17) is 4.74 Å². The number of hydrogen-bond acceptors (Lipinski definition) is 6. The maximum absolute atomic E-state index is 15.3. The van der Waals surface area contributed by atoms with E-state index in [2.05, 4.69) is 10.00 Å². The summed E-state index contributed by atoms with van der Waals surface area (Å²) in [4.78, 5) is 33.0. The number of aromatic nitrogens is 2. The lowest BCUT2D eigenvalue weighted by Crippen LogP contribution is -2.51. The molecule has 1 aromatic heterocycles. The van der Waals surface area contributed by atoms with Gasteiger partial charge in [-0.15, -0.1) is 0 Å². The average Bonchev–Trinajstić information content (AvgIpc) is 3.69. The quantitative estimate of drug-likeness (QED) is 0.631. The molecule has 0 spiro atoms. The molecule has 3 aliphatic heterocycles. The lowest BCUT2D eigenvalue weighted by molar-refractivity contribution is -0.140. The van der Waals surface area contributed by atoms with Crippen molar-refractivity contribution in [2.75, 3.05) is 63.9 Å². The van der Waals surface area contributed by atoms with Gasteiger partial charge in [-0.2, -0.15) is 5.10 Å². The fraction of sp³-hybridized carbons (Fsp3) is 0.500. The monoisotopic (exact) mass is 494 g/mol. The van der Waals surface area contributed by atoms with Gasteiger partial charge in [0.05, 0.1) is 24.4 Å². The number of halogens is 1. The highest BCUT2D eigenvalue weighted by Gasteiger charge is 2.35. The zero-order chi connectivity index (χ0) is 24.6. The third-order valence-electron chi connectivity index (χ3n) is 7.36. The van der Waals surface area contributed by atoms with Crippen molar-refractivity contribution < 1.29 is 18.7 Å². The molecule has 36 heavy (non-hydrogen) atoms. The number of piperazine rings is 1. The van der Waals surface area contributed by atoms with Crippen molar-refractivity contribution in [3.05, 3.63) is 48.2 Å². The maximum atomic E-state index is 15.3. The summed E-state index contributed by atoms with van der Waals surface area (Å²) in [7, 11) is 0. The molecule has 0 radical (unpaired) electrons. The van der Waals surface area contributed by atoms with Crippen LogP contribution in [0.3, 0.4) is 0 Å². The standard InChI is InChI=1S/C26H31FN6O3/c27-21-16-22-20(15-23(21)33-6-2-1-3-24(33)29-11-13-36-14-12-29)17-32(28-22)18-25(34)30-7-9-31(10-8-30)26(35)19-4-5-19/h1-3,15-17,19H,4-14,18H2. The van der Waals surface area contributed by atoms with Crippen molar-refractivity contribution in [2.24, 2.45) is 5.92 Å². The van der Waals surface area contributed by atoms with E-state index < -0.39 is 0 Å². The van der Waals surface area contributed by atoms with Gasteiger partial charge in [-0.1, -0.05) is 12.2 Å². The second-order valence-corrected chi connectivity index (χ2v) is 9.83. The SMILES string of the molecule is O=C(Cn1cc2cc(N3CC=CC=C3N3CCOCC3)c(F)cc2n1)N1CCN(C(=O)C2CC2)CC1. The number of carbonyl (C=O) groups excluding carboxylic acids is 2. The minimum absolute atomic E-state index is 0.0410. The Morgan fingerprint density at radius 3 is 2.53 bits per heavy atom. The molecule has 0 N–H and O–H groups in total. The Morgan fingerprint density at radius 1 is 1.03 bits per heavy atom. The number of benzene rings is 1. The second kappa shape index (κ2) is 9.57. The molecular weight excluding hydrogens is 463 g/mol. The molecular formula is C26H31FN6O3. The molecule has 6 rings (SSSR count). The zero-order valence-corrected chi connectivity index (χ0v) is 20.3. The van der Waals surface area contributed by atoms with Gasteiger partial charge in [-0.05, 0) is 25.0 Å². The van der Waals surface area contributed by atoms with Gasteiger partial charge in [0, 0.05) is 69.4 Å². The number of morpholine rings is 1. The van der Waals surface area contributed by atoms with Crippen LogP contribution >= 0.6 is 0 Å². The van der Waals surface area contributed by atoms with Crippen LogP contribution in [0.4, 0.5) is 10.1 Å². The van der Waals surface area contributed by atoms with Crippen LogP contribution in [0.15, 0.2) is 42.4 Å². The highest BCUT2D eigenvalue weighted by molar-refractivity contribution is 5.84. The van der Waals surface area contributed by atoms with E-state index in [0.717, 1.165) is 37.1 Å². The maximum Gasteiger partial charge on any atom is 0.244 e. The van der Waals surface area contributed by atoms with Gasteiger partial charge in [0.1, 0.15) is 18.2 Å². The molecule has 4 aliphatic rings. The summed E-state index contributed by atoms with van der Waals surface area (Å²) >= 11 is 0. The first-order chi connectivity index (χ1) is 17.6. The lowest BCUT2D eigenvalue weighted by atomic mass is 10.2. The summed E-state index contributed by atoms with van der Waals surface area (Å²) in [6.07, 6.45) is 9.81. The molecule has 2 amide bonds. The zero-order valence-electron chi connectivity index (χ0n) is 20.3. The third kappa shape index (κ3) is 4.57. The molecule has 9 nitrogen and oxygen atoms in total. The van der Waals surface area contributed by atoms with E-state index in [9.17, 15) is 9.59 Å². The molecule has 3 fully saturated rings. The van der Waals surface area contributed by atoms with Crippen molar-refractivity contribution in [3.63, 3.8) is 0 Å². The molecule has 2 saturated heterocycles. The Balaban J connectivity index is 1.15. The predicted molar refractivity (Wildman–Crippen MR) is 133 cm³/mol.